The molecule has 0 amide bonds. The maximum Gasteiger partial charge on any atom is 0.271 e. The van der Waals surface area contributed by atoms with E-state index in [9.17, 15) is 8.42 Å². The second-order valence-electron chi connectivity index (χ2n) is 3.40. The molecule has 1 heterocycles. The van der Waals surface area contributed by atoms with E-state index in [2.05, 4.69) is 4.72 Å². The summed E-state index contributed by atoms with van der Waals surface area (Å²) < 4.78 is 26.9. The van der Waals surface area contributed by atoms with Crippen LogP contribution in [0.15, 0.2) is 34.5 Å². The number of halogens is 2. The first kappa shape index (κ1) is 13.5. The van der Waals surface area contributed by atoms with Gasteiger partial charge in [0.1, 0.15) is 4.21 Å². The van der Waals surface area contributed by atoms with E-state index in [1.54, 1.807) is 6.07 Å². The van der Waals surface area contributed by atoms with Crippen molar-refractivity contribution in [2.75, 3.05) is 10.5 Å². The number of nitrogens with one attached hydrogen (secondary N) is 1. The van der Waals surface area contributed by atoms with Gasteiger partial charge in [-0.05, 0) is 30.3 Å². The lowest BCUT2D eigenvalue weighted by molar-refractivity contribution is 0.603. The van der Waals surface area contributed by atoms with Crippen LogP contribution in [0.25, 0.3) is 0 Å². The first-order chi connectivity index (χ1) is 8.38. The first-order valence-electron chi connectivity index (χ1n) is 4.72. The minimum atomic E-state index is -3.69. The Morgan fingerprint density at radius 1 is 1.17 bits per heavy atom. The SMILES string of the molecule is Nc1ccc(Cl)c(NS(=O)(=O)c2ccc(Cl)s2)c1. The number of hydrogen-bond donors (Lipinski definition) is 2. The topological polar surface area (TPSA) is 72.2 Å². The van der Waals surface area contributed by atoms with Crippen molar-refractivity contribution in [3.63, 3.8) is 0 Å². The highest BCUT2D eigenvalue weighted by molar-refractivity contribution is 7.94. The molecular formula is C10H8Cl2N2O2S2. The van der Waals surface area contributed by atoms with Crippen LogP contribution in [0.3, 0.4) is 0 Å². The zero-order valence-corrected chi connectivity index (χ0v) is 12.0. The van der Waals surface area contributed by atoms with E-state index in [1.165, 1.54) is 24.3 Å². The second kappa shape index (κ2) is 4.97. The fraction of sp³-hybridized carbons (Fsp3) is 0. The molecule has 0 aliphatic rings. The summed E-state index contributed by atoms with van der Waals surface area (Å²) in [5, 5.41) is 0.274. The normalized spacial score (nSPS) is 11.4. The van der Waals surface area contributed by atoms with E-state index in [4.69, 9.17) is 28.9 Å². The van der Waals surface area contributed by atoms with Crippen LogP contribution in [0.1, 0.15) is 0 Å². The first-order valence-corrected chi connectivity index (χ1v) is 7.77. The molecule has 0 bridgehead atoms. The van der Waals surface area contributed by atoms with Crippen LogP contribution >= 0.6 is 34.5 Å². The Hall–Kier alpha value is -0.950. The molecule has 96 valence electrons. The van der Waals surface area contributed by atoms with E-state index >= 15 is 0 Å². The van der Waals surface area contributed by atoms with Gasteiger partial charge in [-0.1, -0.05) is 23.2 Å². The molecule has 18 heavy (non-hydrogen) atoms. The number of thiophene rings is 1. The number of hydrogen-bond acceptors (Lipinski definition) is 4. The van der Waals surface area contributed by atoms with Gasteiger partial charge in [0.25, 0.3) is 10.0 Å². The van der Waals surface area contributed by atoms with Gasteiger partial charge in [-0.15, -0.1) is 11.3 Å². The van der Waals surface area contributed by atoms with Crippen molar-refractivity contribution in [3.8, 4) is 0 Å². The standard InChI is InChI=1S/C10H8Cl2N2O2S2/c11-7-2-1-6(13)5-8(7)14-18(15,16)10-4-3-9(12)17-10/h1-5,14H,13H2. The number of nitrogen functional groups attached to an aromatic ring is 1. The molecule has 8 heteroatoms. The number of anilines is 2. The predicted molar refractivity (Wildman–Crippen MR) is 76.0 cm³/mol. The third-order valence-corrected chi connectivity index (χ3v) is 5.47. The summed E-state index contributed by atoms with van der Waals surface area (Å²) >= 11 is 12.6. The molecule has 4 nitrogen and oxygen atoms in total. The summed E-state index contributed by atoms with van der Waals surface area (Å²) in [6, 6.07) is 7.50. The second-order valence-corrected chi connectivity index (χ2v) is 7.43. The highest BCUT2D eigenvalue weighted by Gasteiger charge is 2.18. The molecule has 0 radical (unpaired) electrons. The molecule has 2 rings (SSSR count). The monoisotopic (exact) mass is 322 g/mol. The molecule has 0 unspecified atom stereocenters. The third-order valence-electron chi connectivity index (χ3n) is 2.05. The lowest BCUT2D eigenvalue weighted by atomic mass is 10.3. The fourth-order valence-electron chi connectivity index (χ4n) is 1.26. The molecule has 0 aliphatic carbocycles. The van der Waals surface area contributed by atoms with Crippen LogP contribution in [-0.4, -0.2) is 8.42 Å². The Bertz CT molecular complexity index is 683. The zero-order chi connectivity index (χ0) is 13.3. The van der Waals surface area contributed by atoms with Gasteiger partial charge in [0, 0.05) is 5.69 Å². The van der Waals surface area contributed by atoms with E-state index in [1.807, 2.05) is 0 Å². The van der Waals surface area contributed by atoms with Crippen LogP contribution in [0.5, 0.6) is 0 Å². The summed E-state index contributed by atoms with van der Waals surface area (Å²) in [5.74, 6) is 0. The van der Waals surface area contributed by atoms with Gasteiger partial charge in [0.05, 0.1) is 15.0 Å². The van der Waals surface area contributed by atoms with E-state index in [-0.39, 0.29) is 14.9 Å². The lowest BCUT2D eigenvalue weighted by Gasteiger charge is -2.08. The summed E-state index contributed by atoms with van der Waals surface area (Å²) in [6.07, 6.45) is 0. The Balaban J connectivity index is 2.36. The quantitative estimate of drug-likeness (QED) is 0.850. The predicted octanol–water partition coefficient (Wildman–Crippen LogP) is 3.44. The third kappa shape index (κ3) is 2.89. The van der Waals surface area contributed by atoms with Gasteiger partial charge < -0.3 is 5.73 Å². The minimum absolute atomic E-state index is 0.117. The van der Waals surface area contributed by atoms with Gasteiger partial charge in [-0.3, -0.25) is 4.72 Å². The van der Waals surface area contributed by atoms with E-state index in [0.717, 1.165) is 11.3 Å². The Morgan fingerprint density at radius 3 is 2.50 bits per heavy atom. The molecular weight excluding hydrogens is 315 g/mol. The van der Waals surface area contributed by atoms with Crippen molar-refractivity contribution in [3.05, 3.63) is 39.7 Å². The smallest absolute Gasteiger partial charge is 0.271 e. The maximum atomic E-state index is 12.0. The number of nitrogens with two attached hydrogens (primary N) is 1. The maximum absolute atomic E-state index is 12.0. The van der Waals surface area contributed by atoms with Crippen LogP contribution in [0.4, 0.5) is 11.4 Å². The summed E-state index contributed by atoms with van der Waals surface area (Å²) in [6.45, 7) is 0. The van der Waals surface area contributed by atoms with Crippen molar-refractivity contribution in [1.82, 2.24) is 0 Å². The highest BCUT2D eigenvalue weighted by atomic mass is 35.5. The van der Waals surface area contributed by atoms with Crippen LogP contribution in [-0.2, 0) is 10.0 Å². The molecule has 0 saturated carbocycles. The van der Waals surface area contributed by atoms with Gasteiger partial charge in [-0.2, -0.15) is 0 Å². The van der Waals surface area contributed by atoms with Crippen molar-refractivity contribution in [1.29, 1.82) is 0 Å². The van der Waals surface area contributed by atoms with Gasteiger partial charge in [0.15, 0.2) is 0 Å². The molecule has 1 aromatic heterocycles. The Morgan fingerprint density at radius 2 is 1.89 bits per heavy atom. The number of rotatable bonds is 3. The van der Waals surface area contributed by atoms with Crippen molar-refractivity contribution in [2.24, 2.45) is 0 Å². The van der Waals surface area contributed by atoms with Crippen LogP contribution in [0.2, 0.25) is 9.36 Å². The molecule has 0 spiro atoms. The van der Waals surface area contributed by atoms with E-state index < -0.39 is 10.0 Å². The molecule has 3 N–H and O–H groups in total. The van der Waals surface area contributed by atoms with Crippen LogP contribution < -0.4 is 10.5 Å². The molecule has 0 atom stereocenters. The number of sulfonamides is 1. The molecule has 0 saturated heterocycles. The fourth-order valence-corrected chi connectivity index (χ4v) is 4.03. The zero-order valence-electron chi connectivity index (χ0n) is 8.85. The van der Waals surface area contributed by atoms with E-state index in [0.29, 0.717) is 10.0 Å². The molecule has 1 aromatic carbocycles. The average Bonchev–Trinajstić information content (AvgIpc) is 2.71. The highest BCUT2D eigenvalue weighted by Crippen LogP contribution is 2.30. The van der Waals surface area contributed by atoms with Crippen molar-refractivity contribution in [2.45, 2.75) is 4.21 Å². The van der Waals surface area contributed by atoms with Crippen molar-refractivity contribution < 1.29 is 8.42 Å². The lowest BCUT2D eigenvalue weighted by Crippen LogP contribution is -2.11. The van der Waals surface area contributed by atoms with Crippen LogP contribution in [0, 0.1) is 0 Å². The summed E-state index contributed by atoms with van der Waals surface area (Å²) in [4.78, 5) is 0. The molecule has 2 aromatic rings. The summed E-state index contributed by atoms with van der Waals surface area (Å²) in [7, 11) is -3.69. The Kier molecular flexibility index (Phi) is 3.72. The summed E-state index contributed by atoms with van der Waals surface area (Å²) in [5.41, 5.74) is 6.23. The molecule has 0 fully saturated rings. The van der Waals surface area contributed by atoms with Gasteiger partial charge >= 0.3 is 0 Å². The van der Waals surface area contributed by atoms with Crippen molar-refractivity contribution >= 4 is 55.9 Å². The molecule has 0 aliphatic heterocycles. The minimum Gasteiger partial charge on any atom is -0.399 e. The van der Waals surface area contributed by atoms with Gasteiger partial charge in [-0.25, -0.2) is 8.42 Å². The number of benzene rings is 1. The average molecular weight is 323 g/mol. The Labute approximate surface area is 118 Å². The largest absolute Gasteiger partial charge is 0.399 e. The van der Waals surface area contributed by atoms with Gasteiger partial charge in [0.2, 0.25) is 0 Å².